The van der Waals surface area contributed by atoms with Gasteiger partial charge in [0.15, 0.2) is 5.76 Å². The van der Waals surface area contributed by atoms with Crippen LogP contribution < -0.4 is 5.32 Å². The van der Waals surface area contributed by atoms with Gasteiger partial charge in [-0.15, -0.1) is 0 Å². The summed E-state index contributed by atoms with van der Waals surface area (Å²) in [6.07, 6.45) is -5.61. The highest BCUT2D eigenvalue weighted by Crippen LogP contribution is 2.46. The van der Waals surface area contributed by atoms with Crippen LogP contribution in [0.25, 0.3) is 0 Å². The van der Waals surface area contributed by atoms with E-state index in [2.05, 4.69) is 0 Å². The molecule has 0 spiro atoms. The molecule has 0 radical (unpaired) electrons. The standard InChI is InChI=1S/C20H24F6N2O3/c21-19(22,23)18(20(24,25)26,27-17(29)16-9-5-11-31-16)28(13-15-8-4-10-30-15)12-14-6-2-1-3-7-14/h1-2,5,9,11,14-15H,3-4,6-8,10,12-13H2,(H,27,29)/t14-,15-/m0/s1. The molecule has 1 amide bonds. The van der Waals surface area contributed by atoms with E-state index in [4.69, 9.17) is 9.15 Å². The zero-order valence-corrected chi connectivity index (χ0v) is 16.6. The molecular weight excluding hydrogens is 430 g/mol. The van der Waals surface area contributed by atoms with Crippen molar-refractivity contribution < 1.29 is 40.3 Å². The maximum absolute atomic E-state index is 14.3. The van der Waals surface area contributed by atoms with Crippen molar-refractivity contribution >= 4 is 5.91 Å². The molecule has 0 unspecified atom stereocenters. The monoisotopic (exact) mass is 454 g/mol. The quantitative estimate of drug-likeness (QED) is 0.370. The number of hydrogen-bond acceptors (Lipinski definition) is 4. The fourth-order valence-electron chi connectivity index (χ4n) is 4.09. The van der Waals surface area contributed by atoms with E-state index in [1.807, 2.05) is 6.08 Å². The van der Waals surface area contributed by atoms with Gasteiger partial charge in [-0.1, -0.05) is 12.2 Å². The first-order valence-electron chi connectivity index (χ1n) is 10.1. The summed E-state index contributed by atoms with van der Waals surface area (Å²) in [7, 11) is 0. The van der Waals surface area contributed by atoms with Gasteiger partial charge in [-0.2, -0.15) is 26.3 Å². The molecule has 1 aliphatic carbocycles. The second kappa shape index (κ2) is 9.23. The normalized spacial score (nSPS) is 22.8. The molecule has 0 bridgehead atoms. The fourth-order valence-corrected chi connectivity index (χ4v) is 4.09. The number of halogens is 6. The number of allylic oxidation sites excluding steroid dienone is 2. The van der Waals surface area contributed by atoms with Crippen LogP contribution in [0.2, 0.25) is 0 Å². The maximum atomic E-state index is 14.3. The Morgan fingerprint density at radius 3 is 2.35 bits per heavy atom. The van der Waals surface area contributed by atoms with Gasteiger partial charge >= 0.3 is 12.4 Å². The van der Waals surface area contributed by atoms with Crippen molar-refractivity contribution in [1.82, 2.24) is 10.2 Å². The Hall–Kier alpha value is -2.01. The Bertz CT molecular complexity index is 740. The SMILES string of the molecule is O=C(NC(N(C[C@H]1CC=CCC1)C[C@@H]1CCCO1)(C(F)(F)F)C(F)(F)F)c1ccco1. The maximum Gasteiger partial charge on any atom is 0.434 e. The lowest BCUT2D eigenvalue weighted by Gasteiger charge is -2.47. The molecule has 2 aliphatic rings. The molecule has 5 nitrogen and oxygen atoms in total. The van der Waals surface area contributed by atoms with E-state index in [0.29, 0.717) is 37.0 Å². The van der Waals surface area contributed by atoms with E-state index in [0.717, 1.165) is 12.3 Å². The summed E-state index contributed by atoms with van der Waals surface area (Å²) in [4.78, 5) is 12.7. The minimum absolute atomic E-state index is 0.272. The van der Waals surface area contributed by atoms with Crippen molar-refractivity contribution in [3.8, 4) is 0 Å². The third-order valence-corrected chi connectivity index (χ3v) is 5.64. The number of carbonyl (C=O) groups excluding carboxylic acids is 1. The minimum atomic E-state index is -5.85. The summed E-state index contributed by atoms with van der Waals surface area (Å²) in [5.41, 5.74) is -4.59. The zero-order chi connectivity index (χ0) is 22.7. The molecule has 0 aromatic carbocycles. The van der Waals surface area contributed by atoms with Gasteiger partial charge in [0.1, 0.15) is 0 Å². The number of hydrogen-bond donors (Lipinski definition) is 1. The Morgan fingerprint density at radius 2 is 1.84 bits per heavy atom. The average molecular weight is 454 g/mol. The molecule has 2 atom stereocenters. The van der Waals surface area contributed by atoms with E-state index in [1.165, 1.54) is 11.4 Å². The van der Waals surface area contributed by atoms with Gasteiger partial charge in [-0.25, -0.2) is 0 Å². The molecule has 11 heteroatoms. The number of carbonyl (C=O) groups is 1. The number of rotatable bonds is 7. The molecule has 0 saturated carbocycles. The van der Waals surface area contributed by atoms with Crippen molar-refractivity contribution in [3.05, 3.63) is 36.3 Å². The van der Waals surface area contributed by atoms with Crippen molar-refractivity contribution in [1.29, 1.82) is 0 Å². The first kappa shape index (κ1) is 23.6. The smallest absolute Gasteiger partial charge is 0.434 e. The van der Waals surface area contributed by atoms with Crippen LogP contribution in [0.15, 0.2) is 35.0 Å². The predicted octanol–water partition coefficient (Wildman–Crippen LogP) is 4.67. The van der Waals surface area contributed by atoms with Crippen molar-refractivity contribution in [2.24, 2.45) is 5.92 Å². The van der Waals surface area contributed by atoms with E-state index in [-0.39, 0.29) is 6.61 Å². The summed E-state index contributed by atoms with van der Waals surface area (Å²) in [6, 6.07) is 2.21. The average Bonchev–Trinajstić information content (AvgIpc) is 3.38. The summed E-state index contributed by atoms with van der Waals surface area (Å²) in [5.74, 6) is -2.66. The number of nitrogens with zero attached hydrogens (tertiary/aromatic N) is 1. The van der Waals surface area contributed by atoms with E-state index < -0.39 is 54.8 Å². The van der Waals surface area contributed by atoms with Crippen LogP contribution in [0.5, 0.6) is 0 Å². The Kier molecular flexibility index (Phi) is 7.04. The van der Waals surface area contributed by atoms with Gasteiger partial charge in [0.25, 0.3) is 11.6 Å². The number of alkyl halides is 6. The first-order chi connectivity index (χ1) is 14.5. The van der Waals surface area contributed by atoms with Gasteiger partial charge in [0, 0.05) is 19.7 Å². The molecular formula is C20H24F6N2O3. The highest BCUT2D eigenvalue weighted by atomic mass is 19.4. The first-order valence-corrected chi connectivity index (χ1v) is 10.1. The Balaban J connectivity index is 2.03. The van der Waals surface area contributed by atoms with Crippen LogP contribution >= 0.6 is 0 Å². The molecule has 1 aliphatic heterocycles. The zero-order valence-electron chi connectivity index (χ0n) is 16.6. The third-order valence-electron chi connectivity index (χ3n) is 5.64. The molecule has 1 N–H and O–H groups in total. The van der Waals surface area contributed by atoms with E-state index in [9.17, 15) is 31.1 Å². The fraction of sp³-hybridized carbons (Fsp3) is 0.650. The molecule has 174 valence electrons. The van der Waals surface area contributed by atoms with Gasteiger partial charge < -0.3 is 14.5 Å². The van der Waals surface area contributed by atoms with Crippen LogP contribution in [0, 0.1) is 5.92 Å². The van der Waals surface area contributed by atoms with Gasteiger partial charge in [0.2, 0.25) is 0 Å². The summed E-state index contributed by atoms with van der Waals surface area (Å²) in [6.45, 7) is -0.839. The highest BCUT2D eigenvalue weighted by Gasteiger charge is 2.75. The van der Waals surface area contributed by atoms with Gasteiger partial charge in [-0.3, -0.25) is 9.69 Å². The summed E-state index contributed by atoms with van der Waals surface area (Å²) < 4.78 is 95.8. The lowest BCUT2D eigenvalue weighted by molar-refractivity contribution is -0.351. The second-order valence-corrected chi connectivity index (χ2v) is 7.83. The van der Waals surface area contributed by atoms with Crippen LogP contribution in [-0.2, 0) is 4.74 Å². The molecule has 2 heterocycles. The third kappa shape index (κ3) is 5.08. The summed E-state index contributed by atoms with van der Waals surface area (Å²) >= 11 is 0. The highest BCUT2D eigenvalue weighted by molar-refractivity contribution is 5.92. The molecule has 3 rings (SSSR count). The number of nitrogens with one attached hydrogen (secondary N) is 1. The van der Waals surface area contributed by atoms with Crippen LogP contribution in [-0.4, -0.2) is 54.6 Å². The van der Waals surface area contributed by atoms with Gasteiger partial charge in [-0.05, 0) is 50.2 Å². The molecule has 1 fully saturated rings. The van der Waals surface area contributed by atoms with Crippen LogP contribution in [0.4, 0.5) is 26.3 Å². The second-order valence-electron chi connectivity index (χ2n) is 7.83. The summed E-state index contributed by atoms with van der Waals surface area (Å²) in [5, 5.41) is 1.25. The predicted molar refractivity (Wildman–Crippen MR) is 98.0 cm³/mol. The van der Waals surface area contributed by atoms with Crippen molar-refractivity contribution in [3.63, 3.8) is 0 Å². The Morgan fingerprint density at radius 1 is 1.10 bits per heavy atom. The molecule has 1 aromatic heterocycles. The molecule has 31 heavy (non-hydrogen) atoms. The number of amides is 1. The lowest BCUT2D eigenvalue weighted by Crippen LogP contribution is -2.77. The van der Waals surface area contributed by atoms with E-state index >= 15 is 0 Å². The largest absolute Gasteiger partial charge is 0.459 e. The number of furan rings is 1. The van der Waals surface area contributed by atoms with Crippen molar-refractivity contribution in [2.75, 3.05) is 19.7 Å². The van der Waals surface area contributed by atoms with Crippen molar-refractivity contribution in [2.45, 2.75) is 56.2 Å². The molecule has 1 aromatic rings. The van der Waals surface area contributed by atoms with Crippen LogP contribution in [0.1, 0.15) is 42.7 Å². The molecule has 1 saturated heterocycles. The van der Waals surface area contributed by atoms with Crippen LogP contribution in [0.3, 0.4) is 0 Å². The van der Waals surface area contributed by atoms with E-state index in [1.54, 1.807) is 6.08 Å². The minimum Gasteiger partial charge on any atom is -0.459 e. The topological polar surface area (TPSA) is 54.7 Å². The lowest BCUT2D eigenvalue weighted by atomic mass is 9.92. The number of ether oxygens (including phenoxy) is 1. The Labute approximate surface area is 175 Å². The van der Waals surface area contributed by atoms with Gasteiger partial charge in [0.05, 0.1) is 12.4 Å².